The van der Waals surface area contributed by atoms with Crippen LogP contribution >= 0.6 is 0 Å². The van der Waals surface area contributed by atoms with E-state index in [2.05, 4.69) is 20.4 Å². The monoisotopic (exact) mass is 406 g/mol. The Morgan fingerprint density at radius 2 is 1.87 bits per heavy atom. The van der Waals surface area contributed by atoms with Crippen molar-refractivity contribution in [2.75, 3.05) is 18.5 Å². The third-order valence-electron chi connectivity index (χ3n) is 4.46. The Morgan fingerprint density at radius 1 is 1.10 bits per heavy atom. The number of hydrogen-bond donors (Lipinski definition) is 1. The molecule has 0 amide bonds. The van der Waals surface area contributed by atoms with Crippen molar-refractivity contribution in [2.45, 2.75) is 13.3 Å². The van der Waals surface area contributed by atoms with E-state index in [4.69, 9.17) is 9.26 Å². The Hall–Kier alpha value is -3.81. The van der Waals surface area contributed by atoms with Crippen LogP contribution in [0.3, 0.4) is 0 Å². The topological polar surface area (TPSA) is 90.1 Å². The number of carbonyl (C=O) groups is 1. The van der Waals surface area contributed by atoms with Crippen molar-refractivity contribution < 1.29 is 18.4 Å². The molecule has 0 atom stereocenters. The minimum absolute atomic E-state index is 0.117. The van der Waals surface area contributed by atoms with E-state index in [1.165, 1.54) is 12.1 Å². The summed E-state index contributed by atoms with van der Waals surface area (Å²) in [7, 11) is 0. The van der Waals surface area contributed by atoms with Gasteiger partial charge in [0.2, 0.25) is 5.82 Å². The van der Waals surface area contributed by atoms with Crippen LogP contribution in [0.25, 0.3) is 22.4 Å². The van der Waals surface area contributed by atoms with Gasteiger partial charge in [-0.15, -0.1) is 0 Å². The predicted molar refractivity (Wildman–Crippen MR) is 110 cm³/mol. The lowest BCUT2D eigenvalue weighted by Gasteiger charge is -2.09. The first-order valence-corrected chi connectivity index (χ1v) is 9.54. The predicted octanol–water partition coefficient (Wildman–Crippen LogP) is 4.26. The lowest BCUT2D eigenvalue weighted by atomic mass is 10.1. The van der Waals surface area contributed by atoms with Gasteiger partial charge in [0.15, 0.2) is 0 Å². The van der Waals surface area contributed by atoms with Crippen LogP contribution in [0.4, 0.5) is 10.2 Å². The fourth-order valence-electron chi connectivity index (χ4n) is 3.04. The molecule has 0 spiro atoms. The van der Waals surface area contributed by atoms with Gasteiger partial charge in [0.05, 0.1) is 6.61 Å². The number of nitrogens with one attached hydrogen (secondary N) is 1. The second kappa shape index (κ2) is 8.69. The number of ether oxygens (including phenoxy) is 1. The van der Waals surface area contributed by atoms with Crippen LogP contribution in [0, 0.1) is 5.82 Å². The quantitative estimate of drug-likeness (QED) is 0.459. The normalized spacial score (nSPS) is 10.9. The summed E-state index contributed by atoms with van der Waals surface area (Å²) in [5.41, 5.74) is 2.41. The lowest BCUT2D eigenvalue weighted by molar-refractivity contribution is 0.0512. The third kappa shape index (κ3) is 4.12. The van der Waals surface area contributed by atoms with Gasteiger partial charge in [0, 0.05) is 12.1 Å². The van der Waals surface area contributed by atoms with Crippen molar-refractivity contribution in [2.24, 2.45) is 0 Å². The van der Waals surface area contributed by atoms with Gasteiger partial charge < -0.3 is 14.6 Å². The molecule has 0 bridgehead atoms. The number of benzene rings is 2. The zero-order valence-corrected chi connectivity index (χ0v) is 16.3. The SMILES string of the molecule is CCOC(=O)c1nc(NCCc2ccccc2)c2c(-c3ccc(F)cc3)noc2n1. The van der Waals surface area contributed by atoms with Crippen molar-refractivity contribution in [1.29, 1.82) is 0 Å². The summed E-state index contributed by atoms with van der Waals surface area (Å²) in [6.07, 6.45) is 0.748. The maximum absolute atomic E-state index is 13.3. The lowest BCUT2D eigenvalue weighted by Crippen LogP contribution is -2.13. The average Bonchev–Trinajstić information content (AvgIpc) is 3.19. The highest BCUT2D eigenvalue weighted by Gasteiger charge is 2.22. The molecule has 0 fully saturated rings. The van der Waals surface area contributed by atoms with Gasteiger partial charge in [-0.25, -0.2) is 14.2 Å². The molecule has 0 aliphatic carbocycles. The summed E-state index contributed by atoms with van der Waals surface area (Å²) in [5, 5.41) is 7.84. The second-order valence-electron chi connectivity index (χ2n) is 6.50. The van der Waals surface area contributed by atoms with Crippen LogP contribution in [-0.4, -0.2) is 34.2 Å². The molecule has 0 radical (unpaired) electrons. The van der Waals surface area contributed by atoms with Crippen LogP contribution in [0.5, 0.6) is 0 Å². The highest BCUT2D eigenvalue weighted by molar-refractivity contribution is 5.99. The first-order chi connectivity index (χ1) is 14.7. The first-order valence-electron chi connectivity index (χ1n) is 9.54. The fourth-order valence-corrected chi connectivity index (χ4v) is 3.04. The van der Waals surface area contributed by atoms with Crippen molar-refractivity contribution in [3.8, 4) is 11.3 Å². The van der Waals surface area contributed by atoms with E-state index in [0.29, 0.717) is 29.0 Å². The number of halogens is 1. The number of aromatic nitrogens is 3. The molecule has 2 heterocycles. The van der Waals surface area contributed by atoms with E-state index in [-0.39, 0.29) is 24.0 Å². The second-order valence-corrected chi connectivity index (χ2v) is 6.50. The molecule has 30 heavy (non-hydrogen) atoms. The number of esters is 1. The smallest absolute Gasteiger partial charge is 0.376 e. The van der Waals surface area contributed by atoms with Crippen LogP contribution in [-0.2, 0) is 11.2 Å². The van der Waals surface area contributed by atoms with Gasteiger partial charge in [-0.2, -0.15) is 4.98 Å². The largest absolute Gasteiger partial charge is 0.460 e. The number of nitrogens with zero attached hydrogens (tertiary/aromatic N) is 3. The molecule has 4 aromatic rings. The van der Waals surface area contributed by atoms with Crippen molar-refractivity contribution >= 4 is 22.9 Å². The molecule has 0 saturated carbocycles. The summed E-state index contributed by atoms with van der Waals surface area (Å²) < 4.78 is 23.7. The molecular formula is C22H19FN4O3. The van der Waals surface area contributed by atoms with E-state index < -0.39 is 5.97 Å². The van der Waals surface area contributed by atoms with E-state index in [1.807, 2.05) is 30.3 Å². The van der Waals surface area contributed by atoms with Gasteiger partial charge in [-0.05, 0) is 43.2 Å². The molecule has 1 N–H and O–H groups in total. The summed E-state index contributed by atoms with van der Waals surface area (Å²) in [5.74, 6) is -0.716. The number of hydrogen-bond acceptors (Lipinski definition) is 7. The Morgan fingerprint density at radius 3 is 2.60 bits per heavy atom. The highest BCUT2D eigenvalue weighted by atomic mass is 19.1. The van der Waals surface area contributed by atoms with Crippen molar-refractivity contribution in [3.05, 3.63) is 71.8 Å². The fraction of sp³-hybridized carbons (Fsp3) is 0.182. The summed E-state index contributed by atoms with van der Waals surface area (Å²) >= 11 is 0. The Kier molecular flexibility index (Phi) is 5.65. The Labute approximate surface area is 171 Å². The van der Waals surface area contributed by atoms with E-state index in [1.54, 1.807) is 19.1 Å². The summed E-state index contributed by atoms with van der Waals surface area (Å²) in [6.45, 7) is 2.47. The van der Waals surface area contributed by atoms with Gasteiger partial charge in [-0.1, -0.05) is 35.5 Å². The molecule has 0 aliphatic rings. The molecule has 2 aromatic heterocycles. The highest BCUT2D eigenvalue weighted by Crippen LogP contribution is 2.32. The van der Waals surface area contributed by atoms with Crippen molar-refractivity contribution in [1.82, 2.24) is 15.1 Å². The third-order valence-corrected chi connectivity index (χ3v) is 4.46. The van der Waals surface area contributed by atoms with Crippen LogP contribution in [0.15, 0.2) is 59.1 Å². The first kappa shape index (κ1) is 19.5. The maximum atomic E-state index is 13.3. The number of anilines is 1. The Balaban J connectivity index is 1.72. The van der Waals surface area contributed by atoms with Gasteiger partial charge in [0.25, 0.3) is 5.71 Å². The van der Waals surface area contributed by atoms with Crippen LogP contribution in [0.2, 0.25) is 0 Å². The number of rotatable bonds is 7. The van der Waals surface area contributed by atoms with E-state index in [0.717, 1.165) is 12.0 Å². The van der Waals surface area contributed by atoms with Crippen molar-refractivity contribution in [3.63, 3.8) is 0 Å². The number of carbonyl (C=O) groups excluding carboxylic acids is 1. The van der Waals surface area contributed by atoms with E-state index in [9.17, 15) is 9.18 Å². The maximum Gasteiger partial charge on any atom is 0.376 e. The molecule has 2 aromatic carbocycles. The molecule has 8 heteroatoms. The molecule has 152 valence electrons. The molecular weight excluding hydrogens is 387 g/mol. The molecule has 4 rings (SSSR count). The number of fused-ring (bicyclic) bond motifs is 1. The summed E-state index contributed by atoms with van der Waals surface area (Å²) in [6, 6.07) is 15.9. The molecule has 0 aliphatic heterocycles. The molecule has 0 unspecified atom stereocenters. The van der Waals surface area contributed by atoms with Gasteiger partial charge in [-0.3, -0.25) is 0 Å². The van der Waals surface area contributed by atoms with Gasteiger partial charge >= 0.3 is 5.97 Å². The van der Waals surface area contributed by atoms with E-state index >= 15 is 0 Å². The molecule has 0 saturated heterocycles. The Bertz CT molecular complexity index is 1160. The van der Waals surface area contributed by atoms with Crippen LogP contribution in [0.1, 0.15) is 23.1 Å². The zero-order valence-electron chi connectivity index (χ0n) is 16.3. The summed E-state index contributed by atoms with van der Waals surface area (Å²) in [4.78, 5) is 20.7. The minimum atomic E-state index is -0.648. The molecule has 7 nitrogen and oxygen atoms in total. The average molecular weight is 406 g/mol. The standard InChI is InChI=1S/C22H19FN4O3/c1-2-29-22(28)20-25-19(24-13-12-14-6-4-3-5-7-14)17-18(27-30-21(17)26-20)15-8-10-16(23)11-9-15/h3-11H,2,12-13H2,1H3,(H,24,25,26). The van der Waals surface area contributed by atoms with Crippen LogP contribution < -0.4 is 5.32 Å². The van der Waals surface area contributed by atoms with Gasteiger partial charge in [0.1, 0.15) is 22.7 Å². The zero-order chi connectivity index (χ0) is 20.9. The minimum Gasteiger partial charge on any atom is -0.460 e.